The first-order valence-electron chi connectivity index (χ1n) is 5.16. The molecule has 0 aromatic heterocycles. The summed E-state index contributed by atoms with van der Waals surface area (Å²) in [4.78, 5) is 0. The zero-order valence-electron chi connectivity index (χ0n) is 9.29. The van der Waals surface area contributed by atoms with Crippen molar-refractivity contribution in [2.75, 3.05) is 13.7 Å². The van der Waals surface area contributed by atoms with Gasteiger partial charge in [0, 0.05) is 7.11 Å². The Hall–Kier alpha value is -0.930. The van der Waals surface area contributed by atoms with Gasteiger partial charge in [-0.1, -0.05) is 19.1 Å². The largest absolute Gasteiger partial charge is 0.380 e. The van der Waals surface area contributed by atoms with Crippen LogP contribution < -0.4 is 5.73 Å². The van der Waals surface area contributed by atoms with E-state index in [4.69, 9.17) is 10.5 Å². The number of nitrogens with two attached hydrogens (primary N) is 1. The normalized spacial score (nSPS) is 12.8. The molecule has 3 heteroatoms. The van der Waals surface area contributed by atoms with Crippen LogP contribution in [0.1, 0.15) is 30.4 Å². The third-order valence-electron chi connectivity index (χ3n) is 2.51. The van der Waals surface area contributed by atoms with Crippen molar-refractivity contribution in [1.29, 1.82) is 0 Å². The van der Waals surface area contributed by atoms with Crippen LogP contribution >= 0.6 is 0 Å². The van der Waals surface area contributed by atoms with Gasteiger partial charge in [0.1, 0.15) is 5.82 Å². The van der Waals surface area contributed by atoms with E-state index in [0.717, 1.165) is 17.5 Å². The van der Waals surface area contributed by atoms with Crippen molar-refractivity contribution in [3.8, 4) is 0 Å². The van der Waals surface area contributed by atoms with Crippen LogP contribution in [0.25, 0.3) is 0 Å². The zero-order valence-corrected chi connectivity index (χ0v) is 9.29. The Morgan fingerprint density at radius 1 is 1.47 bits per heavy atom. The van der Waals surface area contributed by atoms with Gasteiger partial charge in [-0.15, -0.1) is 0 Å². The lowest BCUT2D eigenvalue weighted by Gasteiger charge is -2.12. The summed E-state index contributed by atoms with van der Waals surface area (Å²) in [5.41, 5.74) is 7.05. The summed E-state index contributed by atoms with van der Waals surface area (Å²) >= 11 is 0. The van der Waals surface area contributed by atoms with Crippen LogP contribution in [0.15, 0.2) is 18.2 Å². The summed E-state index contributed by atoms with van der Waals surface area (Å²) in [6.45, 7) is 3.02. The number of ether oxygens (including phenoxy) is 1. The topological polar surface area (TPSA) is 35.2 Å². The van der Waals surface area contributed by atoms with E-state index in [9.17, 15) is 4.39 Å². The minimum Gasteiger partial charge on any atom is -0.380 e. The van der Waals surface area contributed by atoms with E-state index < -0.39 is 0 Å². The molecule has 0 spiro atoms. The van der Waals surface area contributed by atoms with Gasteiger partial charge in [-0.25, -0.2) is 4.39 Å². The summed E-state index contributed by atoms with van der Waals surface area (Å²) < 4.78 is 18.6. The minimum absolute atomic E-state index is 0.162. The SMILES string of the molecule is COCc1ccc(C(C)CCN)c(F)c1. The lowest BCUT2D eigenvalue weighted by atomic mass is 9.96. The number of benzene rings is 1. The number of halogens is 1. The molecule has 0 saturated carbocycles. The van der Waals surface area contributed by atoms with Crippen LogP contribution in [0.5, 0.6) is 0 Å². The number of methoxy groups -OCH3 is 1. The molecule has 1 unspecified atom stereocenters. The molecule has 2 N–H and O–H groups in total. The molecule has 1 aromatic rings. The molecule has 0 heterocycles. The molecule has 2 nitrogen and oxygen atoms in total. The molecule has 0 aliphatic heterocycles. The first-order chi connectivity index (χ1) is 7.19. The number of hydrogen-bond acceptors (Lipinski definition) is 2. The van der Waals surface area contributed by atoms with Crippen LogP contribution in [-0.4, -0.2) is 13.7 Å². The van der Waals surface area contributed by atoms with Gasteiger partial charge in [0.15, 0.2) is 0 Å². The molecule has 15 heavy (non-hydrogen) atoms. The summed E-state index contributed by atoms with van der Waals surface area (Å²) in [6.07, 6.45) is 0.806. The van der Waals surface area contributed by atoms with E-state index in [1.165, 1.54) is 6.07 Å². The highest BCUT2D eigenvalue weighted by atomic mass is 19.1. The molecule has 0 aliphatic rings. The molecule has 0 radical (unpaired) electrons. The summed E-state index contributed by atoms with van der Waals surface area (Å²) in [6, 6.07) is 5.25. The van der Waals surface area contributed by atoms with E-state index >= 15 is 0 Å². The Morgan fingerprint density at radius 2 is 2.20 bits per heavy atom. The summed E-state index contributed by atoms with van der Waals surface area (Å²) in [5.74, 6) is 0.0112. The molecular weight excluding hydrogens is 193 g/mol. The highest BCUT2D eigenvalue weighted by Crippen LogP contribution is 2.22. The van der Waals surface area contributed by atoms with E-state index in [-0.39, 0.29) is 11.7 Å². The van der Waals surface area contributed by atoms with Gasteiger partial charge in [0.25, 0.3) is 0 Å². The standard InChI is InChI=1S/C12H18FNO/c1-9(5-6-14)11-4-3-10(8-15-2)7-12(11)13/h3-4,7,9H,5-6,8,14H2,1-2H3. The first-order valence-corrected chi connectivity index (χ1v) is 5.16. The highest BCUT2D eigenvalue weighted by molar-refractivity contribution is 5.26. The Balaban J connectivity index is 2.82. The van der Waals surface area contributed by atoms with Gasteiger partial charge < -0.3 is 10.5 Å². The predicted octanol–water partition coefficient (Wildman–Crippen LogP) is 2.42. The monoisotopic (exact) mass is 211 g/mol. The second-order valence-corrected chi connectivity index (χ2v) is 3.77. The van der Waals surface area contributed by atoms with E-state index in [2.05, 4.69) is 0 Å². The van der Waals surface area contributed by atoms with Crippen molar-refractivity contribution in [3.05, 3.63) is 35.1 Å². The maximum Gasteiger partial charge on any atom is 0.127 e. The highest BCUT2D eigenvalue weighted by Gasteiger charge is 2.10. The Morgan fingerprint density at radius 3 is 2.73 bits per heavy atom. The fraction of sp³-hybridized carbons (Fsp3) is 0.500. The molecule has 1 rings (SSSR count). The molecule has 1 atom stereocenters. The molecule has 0 bridgehead atoms. The van der Waals surface area contributed by atoms with E-state index in [0.29, 0.717) is 13.2 Å². The van der Waals surface area contributed by atoms with Gasteiger partial charge in [0.05, 0.1) is 6.61 Å². The van der Waals surface area contributed by atoms with Gasteiger partial charge in [-0.3, -0.25) is 0 Å². The van der Waals surface area contributed by atoms with E-state index in [1.54, 1.807) is 7.11 Å². The molecule has 0 aliphatic carbocycles. The lowest BCUT2D eigenvalue weighted by Crippen LogP contribution is -2.06. The number of rotatable bonds is 5. The quantitative estimate of drug-likeness (QED) is 0.811. The molecule has 0 saturated heterocycles. The van der Waals surface area contributed by atoms with Crippen molar-refractivity contribution >= 4 is 0 Å². The third kappa shape index (κ3) is 3.29. The van der Waals surface area contributed by atoms with Gasteiger partial charge in [0.2, 0.25) is 0 Å². The van der Waals surface area contributed by atoms with Gasteiger partial charge in [-0.2, -0.15) is 0 Å². The second-order valence-electron chi connectivity index (χ2n) is 3.77. The molecule has 0 amide bonds. The predicted molar refractivity (Wildman–Crippen MR) is 59.2 cm³/mol. The molecule has 1 aromatic carbocycles. The minimum atomic E-state index is -0.162. The van der Waals surface area contributed by atoms with Crippen molar-refractivity contribution in [2.45, 2.75) is 25.9 Å². The van der Waals surface area contributed by atoms with Crippen LogP contribution in [0.3, 0.4) is 0 Å². The average Bonchev–Trinajstić information content (AvgIpc) is 2.18. The zero-order chi connectivity index (χ0) is 11.3. The summed E-state index contributed by atoms with van der Waals surface area (Å²) in [7, 11) is 1.60. The average molecular weight is 211 g/mol. The van der Waals surface area contributed by atoms with Crippen LogP contribution in [0, 0.1) is 5.82 Å². The van der Waals surface area contributed by atoms with Crippen molar-refractivity contribution < 1.29 is 9.13 Å². The van der Waals surface area contributed by atoms with Crippen LogP contribution in [0.2, 0.25) is 0 Å². The van der Waals surface area contributed by atoms with Crippen LogP contribution in [0.4, 0.5) is 4.39 Å². The molecular formula is C12H18FNO. The summed E-state index contributed by atoms with van der Waals surface area (Å²) in [5, 5.41) is 0. The fourth-order valence-corrected chi connectivity index (χ4v) is 1.63. The second kappa shape index (κ2) is 5.83. The van der Waals surface area contributed by atoms with Gasteiger partial charge in [-0.05, 0) is 36.1 Å². The maximum atomic E-state index is 13.7. The van der Waals surface area contributed by atoms with Crippen LogP contribution in [-0.2, 0) is 11.3 Å². The Labute approximate surface area is 90.2 Å². The van der Waals surface area contributed by atoms with Crippen molar-refractivity contribution in [1.82, 2.24) is 0 Å². The fourth-order valence-electron chi connectivity index (χ4n) is 1.63. The Kier molecular flexibility index (Phi) is 4.72. The molecule has 84 valence electrons. The van der Waals surface area contributed by atoms with Crippen molar-refractivity contribution in [3.63, 3.8) is 0 Å². The maximum absolute atomic E-state index is 13.7. The molecule has 0 fully saturated rings. The van der Waals surface area contributed by atoms with E-state index in [1.807, 2.05) is 19.1 Å². The van der Waals surface area contributed by atoms with Gasteiger partial charge >= 0.3 is 0 Å². The number of hydrogen-bond donors (Lipinski definition) is 1. The first kappa shape index (κ1) is 12.1. The Bertz CT molecular complexity index is 314. The van der Waals surface area contributed by atoms with Crippen molar-refractivity contribution in [2.24, 2.45) is 5.73 Å². The smallest absolute Gasteiger partial charge is 0.127 e. The third-order valence-corrected chi connectivity index (χ3v) is 2.51. The lowest BCUT2D eigenvalue weighted by molar-refractivity contribution is 0.184.